The van der Waals surface area contributed by atoms with Gasteiger partial charge >= 0.3 is 6.18 Å². The van der Waals surface area contributed by atoms with Crippen LogP contribution < -0.4 is 16.0 Å². The van der Waals surface area contributed by atoms with Crippen LogP contribution in [0.25, 0.3) is 0 Å². The molecule has 1 heterocycles. The topological polar surface area (TPSA) is 83.1 Å². The van der Waals surface area contributed by atoms with Crippen molar-refractivity contribution in [3.05, 3.63) is 89.6 Å². The summed E-state index contributed by atoms with van der Waals surface area (Å²) in [7, 11) is 0. The van der Waals surface area contributed by atoms with Gasteiger partial charge in [-0.15, -0.1) is 0 Å². The molecule has 0 radical (unpaired) electrons. The van der Waals surface area contributed by atoms with Crippen molar-refractivity contribution in [2.45, 2.75) is 12.6 Å². The van der Waals surface area contributed by atoms with Gasteiger partial charge in [0.25, 0.3) is 11.8 Å². The second-order valence-electron chi connectivity index (χ2n) is 6.86. The van der Waals surface area contributed by atoms with Crippen LogP contribution in [0.3, 0.4) is 0 Å². The quantitative estimate of drug-likeness (QED) is 0.446. The number of benzene rings is 2. The van der Waals surface area contributed by atoms with Crippen molar-refractivity contribution in [2.75, 3.05) is 23.7 Å². The van der Waals surface area contributed by atoms with Crippen LogP contribution in [0.2, 0.25) is 0 Å². The minimum Gasteiger partial charge on any atom is -0.370 e. The Morgan fingerprint density at radius 3 is 2.12 bits per heavy atom. The van der Waals surface area contributed by atoms with E-state index in [4.69, 9.17) is 0 Å². The molecule has 2 aromatic carbocycles. The van der Waals surface area contributed by atoms with E-state index in [2.05, 4.69) is 20.9 Å². The van der Waals surface area contributed by atoms with Crippen LogP contribution in [-0.4, -0.2) is 29.9 Å². The van der Waals surface area contributed by atoms with Crippen molar-refractivity contribution in [3.8, 4) is 0 Å². The summed E-state index contributed by atoms with van der Waals surface area (Å²) >= 11 is 0. The Morgan fingerprint density at radius 1 is 0.812 bits per heavy atom. The van der Waals surface area contributed by atoms with Gasteiger partial charge in [-0.05, 0) is 55.0 Å². The molecule has 3 N–H and O–H groups in total. The Kier molecular flexibility index (Phi) is 7.43. The van der Waals surface area contributed by atoms with Crippen LogP contribution in [0.1, 0.15) is 32.7 Å². The summed E-state index contributed by atoms with van der Waals surface area (Å²) in [6, 6.07) is 17.5. The van der Waals surface area contributed by atoms with Gasteiger partial charge in [-0.3, -0.25) is 9.59 Å². The second-order valence-corrected chi connectivity index (χ2v) is 6.86. The first-order valence-corrected chi connectivity index (χ1v) is 9.85. The van der Waals surface area contributed by atoms with Crippen molar-refractivity contribution < 1.29 is 22.8 Å². The average Bonchev–Trinajstić information content (AvgIpc) is 2.79. The first-order valence-electron chi connectivity index (χ1n) is 9.85. The number of pyridine rings is 1. The van der Waals surface area contributed by atoms with Crippen molar-refractivity contribution >= 4 is 23.3 Å². The summed E-state index contributed by atoms with van der Waals surface area (Å²) < 4.78 is 37.6. The Balaban J connectivity index is 1.39. The smallest absolute Gasteiger partial charge is 0.370 e. The van der Waals surface area contributed by atoms with Gasteiger partial charge in [0.05, 0.1) is 5.56 Å². The lowest BCUT2D eigenvalue weighted by molar-refractivity contribution is -0.137. The first kappa shape index (κ1) is 22.8. The fraction of sp³-hybridized carbons (Fsp3) is 0.174. The van der Waals surface area contributed by atoms with Crippen LogP contribution in [0.15, 0.2) is 72.9 Å². The molecule has 1 aromatic heterocycles. The predicted octanol–water partition coefficient (Wildman–Crippen LogP) is 4.58. The third kappa shape index (κ3) is 6.56. The SMILES string of the molecule is O=C(NCCCNc1ccc(C(F)(F)F)cn1)c1ccc(NC(=O)c2ccccc2)cc1. The summed E-state index contributed by atoms with van der Waals surface area (Å²) in [6.45, 7) is 0.808. The minimum absolute atomic E-state index is 0.238. The van der Waals surface area contributed by atoms with Gasteiger partial charge in [0.2, 0.25) is 0 Å². The number of hydrogen-bond acceptors (Lipinski definition) is 4. The molecule has 32 heavy (non-hydrogen) atoms. The Hall–Kier alpha value is -3.88. The number of rotatable bonds is 8. The molecule has 0 aliphatic carbocycles. The number of hydrogen-bond donors (Lipinski definition) is 3. The highest BCUT2D eigenvalue weighted by Crippen LogP contribution is 2.28. The Bertz CT molecular complexity index is 1040. The number of amides is 2. The molecule has 0 aliphatic heterocycles. The van der Waals surface area contributed by atoms with Gasteiger partial charge in [0.15, 0.2) is 0 Å². The van der Waals surface area contributed by atoms with Gasteiger partial charge < -0.3 is 16.0 Å². The van der Waals surface area contributed by atoms with E-state index >= 15 is 0 Å². The Labute approximate surface area is 182 Å². The molecule has 9 heteroatoms. The summed E-state index contributed by atoms with van der Waals surface area (Å²) in [5, 5.41) is 8.44. The maximum absolute atomic E-state index is 12.5. The Morgan fingerprint density at radius 2 is 1.50 bits per heavy atom. The number of carbonyl (C=O) groups is 2. The van der Waals surface area contributed by atoms with Gasteiger partial charge in [-0.2, -0.15) is 13.2 Å². The molecule has 0 saturated heterocycles. The number of anilines is 2. The number of aromatic nitrogens is 1. The number of halogens is 3. The van der Waals surface area contributed by atoms with Crippen LogP contribution in [0.5, 0.6) is 0 Å². The zero-order valence-corrected chi connectivity index (χ0v) is 16.9. The second kappa shape index (κ2) is 10.4. The molecular weight excluding hydrogens is 421 g/mol. The molecule has 6 nitrogen and oxygen atoms in total. The zero-order valence-electron chi connectivity index (χ0n) is 16.9. The van der Waals surface area contributed by atoms with Gasteiger partial charge in [0.1, 0.15) is 5.82 Å². The molecule has 0 saturated carbocycles. The van der Waals surface area contributed by atoms with Crippen LogP contribution in [0.4, 0.5) is 24.7 Å². The number of carbonyl (C=O) groups excluding carboxylic acids is 2. The lowest BCUT2D eigenvalue weighted by Crippen LogP contribution is -2.25. The summed E-state index contributed by atoms with van der Waals surface area (Å²) in [6.07, 6.45) is -3.09. The number of nitrogens with zero attached hydrogens (tertiary/aromatic N) is 1. The van der Waals surface area contributed by atoms with E-state index in [9.17, 15) is 22.8 Å². The number of alkyl halides is 3. The minimum atomic E-state index is -4.42. The molecule has 0 aliphatic rings. The molecule has 0 atom stereocenters. The molecular formula is C23H21F3N4O2. The predicted molar refractivity (Wildman–Crippen MR) is 116 cm³/mol. The van der Waals surface area contributed by atoms with E-state index in [0.29, 0.717) is 42.1 Å². The lowest BCUT2D eigenvalue weighted by atomic mass is 10.1. The highest BCUT2D eigenvalue weighted by Gasteiger charge is 2.30. The standard InChI is InChI=1S/C23H21F3N4O2/c24-23(25,26)18-9-12-20(29-15-18)27-13-4-14-28-21(31)17-7-10-19(11-8-17)30-22(32)16-5-2-1-3-6-16/h1-3,5-12,15H,4,13-14H2,(H,27,29)(H,28,31)(H,30,32). The van der Waals surface area contributed by atoms with Crippen molar-refractivity contribution in [3.63, 3.8) is 0 Å². The van der Waals surface area contributed by atoms with E-state index < -0.39 is 11.7 Å². The maximum Gasteiger partial charge on any atom is 0.417 e. The monoisotopic (exact) mass is 442 g/mol. The fourth-order valence-electron chi connectivity index (χ4n) is 2.77. The van der Waals surface area contributed by atoms with Crippen molar-refractivity contribution in [1.82, 2.24) is 10.3 Å². The third-order valence-electron chi connectivity index (χ3n) is 4.48. The summed E-state index contributed by atoms with van der Waals surface area (Å²) in [5.41, 5.74) is 0.749. The maximum atomic E-state index is 12.5. The molecule has 166 valence electrons. The van der Waals surface area contributed by atoms with E-state index in [0.717, 1.165) is 12.3 Å². The van der Waals surface area contributed by atoms with Gasteiger partial charge in [-0.1, -0.05) is 18.2 Å². The molecule has 0 unspecified atom stereocenters. The van der Waals surface area contributed by atoms with E-state index in [1.165, 1.54) is 6.07 Å². The molecule has 2 amide bonds. The van der Waals surface area contributed by atoms with Crippen molar-refractivity contribution in [2.24, 2.45) is 0 Å². The number of nitrogens with one attached hydrogen (secondary N) is 3. The molecule has 3 aromatic rings. The molecule has 3 rings (SSSR count). The summed E-state index contributed by atoms with van der Waals surface area (Å²) in [5.74, 6) is -0.172. The van der Waals surface area contributed by atoms with Crippen LogP contribution in [0, 0.1) is 0 Å². The third-order valence-corrected chi connectivity index (χ3v) is 4.48. The van der Waals surface area contributed by atoms with E-state index in [-0.39, 0.29) is 11.8 Å². The fourth-order valence-corrected chi connectivity index (χ4v) is 2.77. The normalized spacial score (nSPS) is 11.0. The van der Waals surface area contributed by atoms with Crippen LogP contribution >= 0.6 is 0 Å². The highest BCUT2D eigenvalue weighted by atomic mass is 19.4. The van der Waals surface area contributed by atoms with Crippen molar-refractivity contribution in [1.29, 1.82) is 0 Å². The van der Waals surface area contributed by atoms with Gasteiger partial charge in [0, 0.05) is 36.1 Å². The highest BCUT2D eigenvalue weighted by molar-refractivity contribution is 6.04. The largest absolute Gasteiger partial charge is 0.417 e. The molecule has 0 bridgehead atoms. The van der Waals surface area contributed by atoms with Crippen LogP contribution in [-0.2, 0) is 6.18 Å². The summed E-state index contributed by atoms with van der Waals surface area (Å²) in [4.78, 5) is 28.1. The first-order chi connectivity index (χ1) is 15.3. The van der Waals surface area contributed by atoms with Gasteiger partial charge in [-0.25, -0.2) is 4.98 Å². The lowest BCUT2D eigenvalue weighted by Gasteiger charge is -2.09. The van der Waals surface area contributed by atoms with E-state index in [1.807, 2.05) is 6.07 Å². The van der Waals surface area contributed by atoms with E-state index in [1.54, 1.807) is 48.5 Å². The molecule has 0 fully saturated rings. The zero-order chi connectivity index (χ0) is 23.0. The molecule has 0 spiro atoms. The average molecular weight is 442 g/mol.